The molecule has 0 bridgehead atoms. The molecule has 3 nitrogen and oxygen atoms in total. The van der Waals surface area contributed by atoms with Crippen molar-refractivity contribution < 1.29 is 4.79 Å². The van der Waals surface area contributed by atoms with E-state index < -0.39 is 5.54 Å². The van der Waals surface area contributed by atoms with E-state index in [1.165, 1.54) is 0 Å². The summed E-state index contributed by atoms with van der Waals surface area (Å²) in [5.74, 6) is 0.130. The lowest BCUT2D eigenvalue weighted by atomic mass is 9.85. The zero-order chi connectivity index (χ0) is 8.48. The van der Waals surface area contributed by atoms with Crippen molar-refractivity contribution in [2.45, 2.75) is 25.3 Å². The summed E-state index contributed by atoms with van der Waals surface area (Å²) in [5.41, 5.74) is 5.37. The largest absolute Gasteiger partial charge is 0.319 e. The lowest BCUT2D eigenvalue weighted by Crippen LogP contribution is -2.54. The zero-order valence-corrected chi connectivity index (χ0v) is 7.26. The molecule has 0 aliphatic carbocycles. The zero-order valence-electron chi connectivity index (χ0n) is 7.26. The number of nitrogens with zero attached hydrogens (tertiary/aromatic N) is 1. The Morgan fingerprint density at radius 2 is 1.91 bits per heavy atom. The Morgan fingerprint density at radius 1 is 1.45 bits per heavy atom. The monoisotopic (exact) mass is 156 g/mol. The average molecular weight is 156 g/mol. The van der Waals surface area contributed by atoms with Crippen LogP contribution >= 0.6 is 0 Å². The molecule has 0 aromatic rings. The van der Waals surface area contributed by atoms with Gasteiger partial charge in [0.15, 0.2) is 0 Å². The molecule has 2 N–H and O–H groups in total. The molecular formula is C8H16N2O. The van der Waals surface area contributed by atoms with E-state index in [4.69, 9.17) is 5.73 Å². The highest BCUT2D eigenvalue weighted by atomic mass is 16.1. The van der Waals surface area contributed by atoms with Crippen LogP contribution in [-0.4, -0.2) is 36.4 Å². The Balaban J connectivity index is 2.55. The molecule has 1 aliphatic rings. The van der Waals surface area contributed by atoms with Gasteiger partial charge in [-0.15, -0.1) is 0 Å². The summed E-state index contributed by atoms with van der Waals surface area (Å²) < 4.78 is 0. The van der Waals surface area contributed by atoms with Crippen molar-refractivity contribution in [1.29, 1.82) is 0 Å². The number of likely N-dealkylation sites (tertiary alicyclic amines) is 1. The van der Waals surface area contributed by atoms with Crippen LogP contribution in [0.4, 0.5) is 0 Å². The maximum Gasteiger partial charge on any atom is 0.149 e. The molecule has 1 saturated heterocycles. The smallest absolute Gasteiger partial charge is 0.149 e. The summed E-state index contributed by atoms with van der Waals surface area (Å²) in [5, 5.41) is 0. The fraction of sp³-hybridized carbons (Fsp3) is 0.875. The fourth-order valence-corrected chi connectivity index (χ4v) is 1.37. The Hall–Kier alpha value is -0.410. The van der Waals surface area contributed by atoms with Crippen molar-refractivity contribution in [3.63, 3.8) is 0 Å². The van der Waals surface area contributed by atoms with Crippen molar-refractivity contribution >= 4 is 5.78 Å². The molecule has 1 fully saturated rings. The molecule has 64 valence electrons. The predicted octanol–water partition coefficient (Wildman–Crippen LogP) is -0.00150. The lowest BCUT2D eigenvalue weighted by molar-refractivity contribution is -0.123. The molecule has 0 spiro atoms. The van der Waals surface area contributed by atoms with E-state index in [0.717, 1.165) is 25.9 Å². The molecule has 0 atom stereocenters. The van der Waals surface area contributed by atoms with Gasteiger partial charge < -0.3 is 10.6 Å². The number of hydrogen-bond donors (Lipinski definition) is 1. The molecule has 0 aromatic carbocycles. The highest BCUT2D eigenvalue weighted by Crippen LogP contribution is 2.19. The standard InChI is InChI=1S/C8H16N2O/c1-7(11)8(9)3-5-10(2)6-4-8/h3-6,9H2,1-2H3. The summed E-state index contributed by atoms with van der Waals surface area (Å²) in [7, 11) is 2.06. The van der Waals surface area contributed by atoms with Crippen LogP contribution in [0.15, 0.2) is 0 Å². The first-order valence-electron chi connectivity index (χ1n) is 4.03. The second-order valence-corrected chi connectivity index (χ2v) is 3.52. The van der Waals surface area contributed by atoms with Gasteiger partial charge in [-0.05, 0) is 26.8 Å². The minimum atomic E-state index is -0.521. The van der Waals surface area contributed by atoms with Crippen LogP contribution in [0.2, 0.25) is 0 Å². The Kier molecular flexibility index (Phi) is 2.30. The molecule has 1 aliphatic heterocycles. The van der Waals surface area contributed by atoms with E-state index in [9.17, 15) is 4.79 Å². The Morgan fingerprint density at radius 3 is 2.27 bits per heavy atom. The van der Waals surface area contributed by atoms with Gasteiger partial charge in [-0.25, -0.2) is 0 Å². The van der Waals surface area contributed by atoms with Crippen LogP contribution in [0.5, 0.6) is 0 Å². The van der Waals surface area contributed by atoms with Crippen molar-refractivity contribution in [2.24, 2.45) is 5.73 Å². The number of nitrogens with two attached hydrogens (primary N) is 1. The third kappa shape index (κ3) is 1.79. The van der Waals surface area contributed by atoms with Crippen LogP contribution in [0, 0.1) is 0 Å². The minimum Gasteiger partial charge on any atom is -0.319 e. The quantitative estimate of drug-likeness (QED) is 0.581. The molecular weight excluding hydrogens is 140 g/mol. The van der Waals surface area contributed by atoms with Gasteiger partial charge in [-0.1, -0.05) is 0 Å². The summed E-state index contributed by atoms with van der Waals surface area (Å²) in [6.45, 7) is 3.47. The van der Waals surface area contributed by atoms with Crippen LogP contribution in [0.3, 0.4) is 0 Å². The van der Waals surface area contributed by atoms with Gasteiger partial charge in [-0.3, -0.25) is 4.79 Å². The minimum absolute atomic E-state index is 0.130. The van der Waals surface area contributed by atoms with Gasteiger partial charge in [0.1, 0.15) is 5.78 Å². The van der Waals surface area contributed by atoms with E-state index >= 15 is 0 Å². The highest BCUT2D eigenvalue weighted by molar-refractivity contribution is 5.85. The average Bonchev–Trinajstić information content (AvgIpc) is 1.95. The molecule has 0 aromatic heterocycles. The first-order chi connectivity index (χ1) is 5.04. The molecule has 1 heterocycles. The van der Waals surface area contributed by atoms with E-state index in [0.29, 0.717) is 0 Å². The maximum absolute atomic E-state index is 11.1. The van der Waals surface area contributed by atoms with Crippen LogP contribution < -0.4 is 5.73 Å². The van der Waals surface area contributed by atoms with Gasteiger partial charge in [0, 0.05) is 13.1 Å². The summed E-state index contributed by atoms with van der Waals surface area (Å²) in [6, 6.07) is 0. The van der Waals surface area contributed by atoms with E-state index in [-0.39, 0.29) is 5.78 Å². The van der Waals surface area contributed by atoms with E-state index in [2.05, 4.69) is 11.9 Å². The maximum atomic E-state index is 11.1. The third-order valence-electron chi connectivity index (χ3n) is 2.58. The molecule has 0 unspecified atom stereocenters. The molecule has 11 heavy (non-hydrogen) atoms. The van der Waals surface area contributed by atoms with Crippen molar-refractivity contribution in [2.75, 3.05) is 20.1 Å². The number of piperidine rings is 1. The highest BCUT2D eigenvalue weighted by Gasteiger charge is 2.33. The number of ketones is 1. The number of carbonyl (C=O) groups excluding carboxylic acids is 1. The number of carbonyl (C=O) groups is 1. The molecule has 0 saturated carbocycles. The second-order valence-electron chi connectivity index (χ2n) is 3.52. The Labute approximate surface area is 67.5 Å². The first-order valence-corrected chi connectivity index (χ1v) is 4.03. The summed E-state index contributed by atoms with van der Waals surface area (Å²) in [6.07, 6.45) is 1.61. The molecule has 1 rings (SSSR count). The van der Waals surface area contributed by atoms with Gasteiger partial charge in [-0.2, -0.15) is 0 Å². The van der Waals surface area contributed by atoms with Gasteiger partial charge in [0.05, 0.1) is 5.54 Å². The van der Waals surface area contributed by atoms with Crippen LogP contribution in [-0.2, 0) is 4.79 Å². The number of Topliss-reactive ketones (excluding diaryl/α,β-unsaturated/α-hetero) is 1. The summed E-state index contributed by atoms with van der Waals surface area (Å²) in [4.78, 5) is 13.3. The van der Waals surface area contributed by atoms with Crippen molar-refractivity contribution in [3.8, 4) is 0 Å². The number of rotatable bonds is 1. The number of hydrogen-bond acceptors (Lipinski definition) is 3. The van der Waals surface area contributed by atoms with Crippen LogP contribution in [0.1, 0.15) is 19.8 Å². The van der Waals surface area contributed by atoms with Crippen molar-refractivity contribution in [1.82, 2.24) is 4.90 Å². The topological polar surface area (TPSA) is 46.3 Å². The van der Waals surface area contributed by atoms with Gasteiger partial charge in [0.25, 0.3) is 0 Å². The van der Waals surface area contributed by atoms with Crippen molar-refractivity contribution in [3.05, 3.63) is 0 Å². The van der Waals surface area contributed by atoms with Gasteiger partial charge >= 0.3 is 0 Å². The SMILES string of the molecule is CC(=O)C1(N)CCN(C)CC1. The Bertz CT molecular complexity index is 159. The predicted molar refractivity (Wildman–Crippen MR) is 44.3 cm³/mol. The summed E-state index contributed by atoms with van der Waals surface area (Å²) >= 11 is 0. The lowest BCUT2D eigenvalue weighted by Gasteiger charge is -2.35. The third-order valence-corrected chi connectivity index (χ3v) is 2.58. The second kappa shape index (κ2) is 2.91. The fourth-order valence-electron chi connectivity index (χ4n) is 1.37. The van der Waals surface area contributed by atoms with Gasteiger partial charge in [0.2, 0.25) is 0 Å². The normalized spacial score (nSPS) is 25.0. The van der Waals surface area contributed by atoms with E-state index in [1.54, 1.807) is 6.92 Å². The first kappa shape index (κ1) is 8.68. The molecule has 0 radical (unpaired) electrons. The molecule has 0 amide bonds. The van der Waals surface area contributed by atoms with Crippen LogP contribution in [0.25, 0.3) is 0 Å². The van der Waals surface area contributed by atoms with E-state index in [1.807, 2.05) is 0 Å². The molecule has 3 heteroatoms.